The van der Waals surface area contributed by atoms with Gasteiger partial charge >= 0.3 is 5.97 Å². The monoisotopic (exact) mass is 457 g/mol. The molecule has 9 nitrogen and oxygen atoms in total. The van der Waals surface area contributed by atoms with Gasteiger partial charge in [-0.3, -0.25) is 14.2 Å². The second-order valence-electron chi connectivity index (χ2n) is 7.69. The number of carbonyl (C=O) groups excluding carboxylic acids is 2. The van der Waals surface area contributed by atoms with Crippen LogP contribution in [0.15, 0.2) is 71.5 Å². The lowest BCUT2D eigenvalue weighted by atomic mass is 10.1. The number of amides is 1. The van der Waals surface area contributed by atoms with Crippen LogP contribution in [0.4, 0.5) is 5.69 Å². The van der Waals surface area contributed by atoms with Crippen LogP contribution in [0, 0.1) is 13.8 Å². The van der Waals surface area contributed by atoms with Crippen molar-refractivity contribution < 1.29 is 14.3 Å². The summed E-state index contributed by atoms with van der Waals surface area (Å²) in [5, 5.41) is 7.20. The molecule has 2 heterocycles. The quantitative estimate of drug-likeness (QED) is 0.446. The van der Waals surface area contributed by atoms with Crippen LogP contribution in [0.1, 0.15) is 21.7 Å². The molecule has 1 N–H and O–H groups in total. The first kappa shape index (κ1) is 22.7. The van der Waals surface area contributed by atoms with E-state index >= 15 is 0 Å². The van der Waals surface area contributed by atoms with E-state index in [1.807, 2.05) is 50.2 Å². The summed E-state index contributed by atoms with van der Waals surface area (Å²) in [5.74, 6) is -0.651. The van der Waals surface area contributed by atoms with Gasteiger partial charge in [-0.1, -0.05) is 30.3 Å². The van der Waals surface area contributed by atoms with Crippen LogP contribution < -0.4 is 10.9 Å². The van der Waals surface area contributed by atoms with E-state index in [-0.39, 0.29) is 18.1 Å². The first-order chi connectivity index (χ1) is 16.4. The number of aromatic nitrogens is 4. The van der Waals surface area contributed by atoms with E-state index in [9.17, 15) is 14.4 Å². The summed E-state index contributed by atoms with van der Waals surface area (Å²) in [6.07, 6.45) is 0. The molecule has 0 saturated carbocycles. The summed E-state index contributed by atoms with van der Waals surface area (Å²) < 4.78 is 7.52. The minimum atomic E-state index is -0.469. The summed E-state index contributed by atoms with van der Waals surface area (Å²) in [5.41, 5.74) is 3.28. The van der Waals surface area contributed by atoms with Crippen LogP contribution in [0.5, 0.6) is 0 Å². The Morgan fingerprint density at radius 3 is 2.32 bits per heavy atom. The highest BCUT2D eigenvalue weighted by atomic mass is 16.5. The molecule has 0 aliphatic heterocycles. The summed E-state index contributed by atoms with van der Waals surface area (Å²) in [4.78, 5) is 42.2. The van der Waals surface area contributed by atoms with Crippen LogP contribution in [-0.4, -0.2) is 38.3 Å². The maximum Gasteiger partial charge on any atom is 0.337 e. The van der Waals surface area contributed by atoms with Crippen molar-refractivity contribution in [2.45, 2.75) is 20.4 Å². The number of esters is 1. The van der Waals surface area contributed by atoms with Crippen LogP contribution in [0.3, 0.4) is 0 Å². The van der Waals surface area contributed by atoms with Gasteiger partial charge in [0.2, 0.25) is 11.9 Å². The summed E-state index contributed by atoms with van der Waals surface area (Å²) >= 11 is 0. The lowest BCUT2D eigenvalue weighted by Gasteiger charge is -2.15. The van der Waals surface area contributed by atoms with Gasteiger partial charge in [0, 0.05) is 23.0 Å². The Bertz CT molecular complexity index is 1410. The Hall–Kier alpha value is -4.53. The molecule has 0 aliphatic carbocycles. The van der Waals surface area contributed by atoms with Crippen molar-refractivity contribution in [3.8, 4) is 17.2 Å². The highest BCUT2D eigenvalue weighted by molar-refractivity contribution is 5.93. The van der Waals surface area contributed by atoms with Gasteiger partial charge in [-0.2, -0.15) is 5.10 Å². The number of hydrogen-bond acceptors (Lipinski definition) is 6. The van der Waals surface area contributed by atoms with E-state index in [2.05, 4.69) is 20.1 Å². The van der Waals surface area contributed by atoms with Crippen molar-refractivity contribution in [3.63, 3.8) is 0 Å². The fraction of sp³-hybridized carbons (Fsp3) is 0.160. The SMILES string of the molecule is COC(=O)c1ccc(NC(=O)Cn2c(-n3nc(C)cc3C)nc(-c3ccccc3)cc2=O)cc1. The number of rotatable bonds is 6. The van der Waals surface area contributed by atoms with Crippen LogP contribution >= 0.6 is 0 Å². The average molecular weight is 457 g/mol. The Kier molecular flexibility index (Phi) is 6.35. The highest BCUT2D eigenvalue weighted by Gasteiger charge is 2.17. The third-order valence-electron chi connectivity index (χ3n) is 5.15. The Morgan fingerprint density at radius 1 is 1.00 bits per heavy atom. The highest BCUT2D eigenvalue weighted by Crippen LogP contribution is 2.18. The normalized spacial score (nSPS) is 10.7. The summed E-state index contributed by atoms with van der Waals surface area (Å²) in [6, 6.07) is 18.9. The lowest BCUT2D eigenvalue weighted by Crippen LogP contribution is -2.31. The van der Waals surface area contributed by atoms with Crippen molar-refractivity contribution in [1.82, 2.24) is 19.3 Å². The van der Waals surface area contributed by atoms with Gasteiger partial charge in [0.05, 0.1) is 24.1 Å². The average Bonchev–Trinajstić information content (AvgIpc) is 3.18. The smallest absolute Gasteiger partial charge is 0.337 e. The number of carbonyl (C=O) groups is 2. The molecule has 34 heavy (non-hydrogen) atoms. The molecule has 0 unspecified atom stereocenters. The number of benzene rings is 2. The number of anilines is 1. The molecule has 9 heteroatoms. The maximum atomic E-state index is 13.1. The third-order valence-corrected chi connectivity index (χ3v) is 5.15. The van der Waals surface area contributed by atoms with Gasteiger partial charge in [0.15, 0.2) is 0 Å². The predicted molar refractivity (Wildman–Crippen MR) is 127 cm³/mol. The largest absolute Gasteiger partial charge is 0.465 e. The second kappa shape index (κ2) is 9.53. The van der Waals surface area contributed by atoms with E-state index in [0.29, 0.717) is 16.9 Å². The molecule has 0 bridgehead atoms. The minimum Gasteiger partial charge on any atom is -0.465 e. The maximum absolute atomic E-state index is 13.1. The molecular formula is C25H23N5O4. The van der Waals surface area contributed by atoms with Crippen molar-refractivity contribution in [1.29, 1.82) is 0 Å². The molecule has 0 saturated heterocycles. The standard InChI is InChI=1S/C25H23N5O4/c1-16-13-17(2)30(28-16)25-27-21(18-7-5-4-6-8-18)14-23(32)29(25)15-22(31)26-20-11-9-19(10-12-20)24(33)34-3/h4-14H,15H2,1-3H3,(H,26,31). The molecule has 1 amide bonds. The molecule has 2 aromatic carbocycles. The van der Waals surface area contributed by atoms with Gasteiger partial charge in [-0.15, -0.1) is 0 Å². The molecule has 2 aromatic heterocycles. The number of aryl methyl sites for hydroxylation is 2. The van der Waals surface area contributed by atoms with Crippen LogP contribution in [0.2, 0.25) is 0 Å². The molecule has 4 aromatic rings. The second-order valence-corrected chi connectivity index (χ2v) is 7.69. The van der Waals surface area contributed by atoms with Crippen LogP contribution in [0.25, 0.3) is 17.2 Å². The molecule has 0 aliphatic rings. The van der Waals surface area contributed by atoms with Crippen LogP contribution in [-0.2, 0) is 16.1 Å². The van der Waals surface area contributed by atoms with E-state index in [0.717, 1.165) is 17.0 Å². The zero-order valence-electron chi connectivity index (χ0n) is 19.0. The van der Waals surface area contributed by atoms with Gasteiger partial charge in [0.1, 0.15) is 6.54 Å². The molecular weight excluding hydrogens is 434 g/mol. The van der Waals surface area contributed by atoms with Gasteiger partial charge < -0.3 is 10.1 Å². The van der Waals surface area contributed by atoms with Gasteiger partial charge in [-0.25, -0.2) is 14.5 Å². The van der Waals surface area contributed by atoms with Crippen molar-refractivity contribution >= 4 is 17.6 Å². The van der Waals surface area contributed by atoms with E-state index in [1.165, 1.54) is 17.7 Å². The first-order valence-corrected chi connectivity index (χ1v) is 10.5. The molecule has 0 atom stereocenters. The summed E-state index contributed by atoms with van der Waals surface area (Å²) in [6.45, 7) is 3.43. The number of nitrogens with one attached hydrogen (secondary N) is 1. The zero-order chi connectivity index (χ0) is 24.2. The van der Waals surface area contributed by atoms with Crippen molar-refractivity contribution in [2.24, 2.45) is 0 Å². The Morgan fingerprint density at radius 2 is 1.71 bits per heavy atom. The Balaban J connectivity index is 1.68. The number of nitrogens with zero attached hydrogens (tertiary/aromatic N) is 4. The van der Waals surface area contributed by atoms with Crippen molar-refractivity contribution in [2.75, 3.05) is 12.4 Å². The Labute approximate surface area is 195 Å². The zero-order valence-corrected chi connectivity index (χ0v) is 19.0. The van der Waals surface area contributed by atoms with E-state index < -0.39 is 11.9 Å². The molecule has 0 spiro atoms. The van der Waals surface area contributed by atoms with E-state index in [1.54, 1.807) is 28.9 Å². The third kappa shape index (κ3) is 4.78. The molecule has 0 radical (unpaired) electrons. The first-order valence-electron chi connectivity index (χ1n) is 10.5. The van der Waals surface area contributed by atoms with Gasteiger partial charge in [-0.05, 0) is 44.2 Å². The fourth-order valence-electron chi connectivity index (χ4n) is 3.54. The number of hydrogen-bond donors (Lipinski definition) is 1. The van der Waals surface area contributed by atoms with Crippen molar-refractivity contribution in [3.05, 3.63) is 94.0 Å². The molecule has 4 rings (SSSR count). The fourth-order valence-corrected chi connectivity index (χ4v) is 3.54. The molecule has 0 fully saturated rings. The number of methoxy groups -OCH3 is 1. The number of ether oxygens (including phenoxy) is 1. The minimum absolute atomic E-state index is 0.244. The predicted octanol–water partition coefficient (Wildman–Crippen LogP) is 3.14. The molecule has 172 valence electrons. The lowest BCUT2D eigenvalue weighted by molar-refractivity contribution is -0.116. The van der Waals surface area contributed by atoms with E-state index in [4.69, 9.17) is 0 Å². The topological polar surface area (TPSA) is 108 Å². The summed E-state index contributed by atoms with van der Waals surface area (Å²) in [7, 11) is 1.30. The van der Waals surface area contributed by atoms with Gasteiger partial charge in [0.25, 0.3) is 5.56 Å².